The maximum absolute atomic E-state index is 12.0. The molecule has 2 aromatic heterocycles. The molecule has 0 fully saturated rings. The molecule has 3 aromatic rings. The van der Waals surface area contributed by atoms with Crippen LogP contribution >= 0.6 is 11.3 Å². The van der Waals surface area contributed by atoms with E-state index >= 15 is 0 Å². The first kappa shape index (κ1) is 16.9. The summed E-state index contributed by atoms with van der Waals surface area (Å²) in [6.45, 7) is 1.81. The molecule has 1 aromatic carbocycles. The van der Waals surface area contributed by atoms with Gasteiger partial charge < -0.3 is 4.74 Å². The molecule has 6 heteroatoms. The summed E-state index contributed by atoms with van der Waals surface area (Å²) in [5, 5.41) is 15.8. The van der Waals surface area contributed by atoms with Gasteiger partial charge in [0.2, 0.25) is 0 Å². The first-order chi connectivity index (χ1) is 12.2. The van der Waals surface area contributed by atoms with Gasteiger partial charge in [-0.25, -0.2) is 4.68 Å². The van der Waals surface area contributed by atoms with E-state index in [2.05, 4.69) is 11.2 Å². The zero-order valence-corrected chi connectivity index (χ0v) is 14.6. The Kier molecular flexibility index (Phi) is 5.26. The molecule has 2 heterocycles. The molecule has 0 radical (unpaired) electrons. The van der Waals surface area contributed by atoms with Gasteiger partial charge in [0.25, 0.3) is 0 Å². The summed E-state index contributed by atoms with van der Waals surface area (Å²) >= 11 is 1.62. The van der Waals surface area contributed by atoms with Crippen LogP contribution in [0.25, 0.3) is 5.69 Å². The number of aryl methyl sites for hydroxylation is 2. The normalized spacial score (nSPS) is 10.4. The fourth-order valence-electron chi connectivity index (χ4n) is 2.54. The van der Waals surface area contributed by atoms with Crippen molar-refractivity contribution >= 4 is 17.3 Å². The van der Waals surface area contributed by atoms with Crippen molar-refractivity contribution in [3.63, 3.8) is 0 Å². The smallest absolute Gasteiger partial charge is 0.306 e. The van der Waals surface area contributed by atoms with Crippen LogP contribution in [0.4, 0.5) is 0 Å². The van der Waals surface area contributed by atoms with E-state index in [-0.39, 0.29) is 12.6 Å². The topological polar surface area (TPSA) is 67.9 Å². The monoisotopic (exact) mass is 351 g/mol. The van der Waals surface area contributed by atoms with Gasteiger partial charge in [0, 0.05) is 4.88 Å². The van der Waals surface area contributed by atoms with Gasteiger partial charge in [-0.05, 0) is 36.9 Å². The second kappa shape index (κ2) is 7.77. The largest absolute Gasteiger partial charge is 0.459 e. The van der Waals surface area contributed by atoms with Gasteiger partial charge in [-0.3, -0.25) is 4.79 Å². The Balaban J connectivity index is 1.73. The number of hydrogen-bond donors (Lipinski definition) is 0. The molecule has 0 unspecified atom stereocenters. The van der Waals surface area contributed by atoms with Crippen LogP contribution in [0.5, 0.6) is 0 Å². The summed E-state index contributed by atoms with van der Waals surface area (Å²) in [4.78, 5) is 13.2. The summed E-state index contributed by atoms with van der Waals surface area (Å²) in [6, 6.07) is 15.6. The summed E-state index contributed by atoms with van der Waals surface area (Å²) < 4.78 is 7.07. The molecule has 0 bridgehead atoms. The van der Waals surface area contributed by atoms with Gasteiger partial charge in [-0.1, -0.05) is 24.3 Å². The van der Waals surface area contributed by atoms with Crippen molar-refractivity contribution in [3.05, 3.63) is 69.7 Å². The Morgan fingerprint density at radius 1 is 1.28 bits per heavy atom. The van der Waals surface area contributed by atoms with E-state index in [4.69, 9.17) is 4.74 Å². The minimum Gasteiger partial charge on any atom is -0.459 e. The number of hydrogen-bond acceptors (Lipinski definition) is 5. The SMILES string of the molecule is Cc1nn(-c2ccccc2)c(COC(=O)CCc2cccs2)c1C#N. The molecular formula is C19H17N3O2S. The van der Waals surface area contributed by atoms with Crippen molar-refractivity contribution in [2.75, 3.05) is 0 Å². The molecule has 0 aliphatic rings. The maximum Gasteiger partial charge on any atom is 0.306 e. The van der Waals surface area contributed by atoms with Gasteiger partial charge in [-0.15, -0.1) is 11.3 Å². The zero-order chi connectivity index (χ0) is 17.6. The second-order valence-corrected chi connectivity index (χ2v) is 6.54. The van der Waals surface area contributed by atoms with Crippen LogP contribution in [0, 0.1) is 18.3 Å². The zero-order valence-electron chi connectivity index (χ0n) is 13.8. The number of esters is 1. The number of ether oxygens (including phenoxy) is 1. The highest BCUT2D eigenvalue weighted by atomic mass is 32.1. The van der Waals surface area contributed by atoms with Crippen molar-refractivity contribution in [1.82, 2.24) is 9.78 Å². The predicted molar refractivity (Wildman–Crippen MR) is 95.5 cm³/mol. The lowest BCUT2D eigenvalue weighted by Gasteiger charge is -2.09. The number of nitrogens with zero attached hydrogens (tertiary/aromatic N) is 3. The molecule has 0 N–H and O–H groups in total. The molecule has 3 rings (SSSR count). The van der Waals surface area contributed by atoms with Crippen LogP contribution in [0.15, 0.2) is 47.8 Å². The molecule has 25 heavy (non-hydrogen) atoms. The third kappa shape index (κ3) is 3.95. The fourth-order valence-corrected chi connectivity index (χ4v) is 3.25. The van der Waals surface area contributed by atoms with Gasteiger partial charge >= 0.3 is 5.97 Å². The third-order valence-corrected chi connectivity index (χ3v) is 4.73. The summed E-state index contributed by atoms with van der Waals surface area (Å²) in [7, 11) is 0. The van der Waals surface area contributed by atoms with Crippen LogP contribution in [-0.2, 0) is 22.6 Å². The lowest BCUT2D eigenvalue weighted by Crippen LogP contribution is -2.10. The van der Waals surface area contributed by atoms with Crippen molar-refractivity contribution in [3.8, 4) is 11.8 Å². The molecule has 0 aliphatic carbocycles. The van der Waals surface area contributed by atoms with E-state index < -0.39 is 0 Å². The van der Waals surface area contributed by atoms with E-state index in [1.807, 2.05) is 47.8 Å². The van der Waals surface area contributed by atoms with Crippen LogP contribution in [0.2, 0.25) is 0 Å². The molecule has 0 saturated carbocycles. The van der Waals surface area contributed by atoms with Crippen molar-refractivity contribution in [2.24, 2.45) is 0 Å². The molecular weight excluding hydrogens is 334 g/mol. The average Bonchev–Trinajstić information content (AvgIpc) is 3.26. The highest BCUT2D eigenvalue weighted by Crippen LogP contribution is 2.19. The van der Waals surface area contributed by atoms with Gasteiger partial charge in [-0.2, -0.15) is 10.4 Å². The number of rotatable bonds is 6. The van der Waals surface area contributed by atoms with Crippen LogP contribution in [0.3, 0.4) is 0 Å². The lowest BCUT2D eigenvalue weighted by atomic mass is 10.2. The van der Waals surface area contributed by atoms with Gasteiger partial charge in [0.1, 0.15) is 18.2 Å². The van der Waals surface area contributed by atoms with Crippen LogP contribution in [0.1, 0.15) is 28.2 Å². The predicted octanol–water partition coefficient (Wildman–Crippen LogP) is 3.79. The average molecular weight is 351 g/mol. The van der Waals surface area contributed by atoms with Gasteiger partial charge in [0.15, 0.2) is 0 Å². The van der Waals surface area contributed by atoms with E-state index in [0.717, 1.165) is 10.6 Å². The molecule has 0 spiro atoms. The summed E-state index contributed by atoms with van der Waals surface area (Å²) in [6.07, 6.45) is 0.986. The minimum absolute atomic E-state index is 0.0297. The fraction of sp³-hybridized carbons (Fsp3) is 0.211. The van der Waals surface area contributed by atoms with Crippen LogP contribution < -0.4 is 0 Å². The number of benzene rings is 1. The number of carbonyl (C=O) groups excluding carboxylic acids is 1. The molecule has 0 atom stereocenters. The van der Waals surface area contributed by atoms with E-state index in [1.165, 1.54) is 0 Å². The number of thiophene rings is 1. The van der Waals surface area contributed by atoms with Gasteiger partial charge in [0.05, 0.1) is 23.5 Å². The number of para-hydroxylation sites is 1. The van der Waals surface area contributed by atoms with Crippen LogP contribution in [-0.4, -0.2) is 15.7 Å². The Morgan fingerprint density at radius 2 is 2.08 bits per heavy atom. The molecule has 5 nitrogen and oxygen atoms in total. The summed E-state index contributed by atoms with van der Waals surface area (Å²) in [5.41, 5.74) is 2.50. The Hall–Kier alpha value is -2.91. The Morgan fingerprint density at radius 3 is 2.76 bits per heavy atom. The van der Waals surface area contributed by atoms with E-state index in [1.54, 1.807) is 22.9 Å². The van der Waals surface area contributed by atoms with Crippen molar-refractivity contribution in [1.29, 1.82) is 5.26 Å². The standard InChI is InChI=1S/C19H17N3O2S/c1-14-17(12-20)18(22(21-14)15-6-3-2-4-7-15)13-24-19(23)10-9-16-8-5-11-25-16/h2-8,11H,9-10,13H2,1H3. The second-order valence-electron chi connectivity index (χ2n) is 5.51. The first-order valence-electron chi connectivity index (χ1n) is 7.91. The summed E-state index contributed by atoms with van der Waals surface area (Å²) in [5.74, 6) is -0.282. The van der Waals surface area contributed by atoms with Crippen molar-refractivity contribution < 1.29 is 9.53 Å². The number of carbonyl (C=O) groups is 1. The number of nitriles is 1. The molecule has 0 amide bonds. The quantitative estimate of drug-likeness (QED) is 0.634. The third-order valence-electron chi connectivity index (χ3n) is 3.79. The molecule has 0 saturated heterocycles. The molecule has 0 aliphatic heterocycles. The first-order valence-corrected chi connectivity index (χ1v) is 8.79. The Bertz CT molecular complexity index is 893. The number of aromatic nitrogens is 2. The van der Waals surface area contributed by atoms with E-state index in [9.17, 15) is 10.1 Å². The molecule has 126 valence electrons. The lowest BCUT2D eigenvalue weighted by molar-refractivity contribution is -0.145. The highest BCUT2D eigenvalue weighted by Gasteiger charge is 2.18. The minimum atomic E-state index is -0.282. The van der Waals surface area contributed by atoms with E-state index in [0.29, 0.717) is 29.8 Å². The van der Waals surface area contributed by atoms with Crippen molar-refractivity contribution in [2.45, 2.75) is 26.4 Å². The Labute approximate surface area is 150 Å². The highest BCUT2D eigenvalue weighted by molar-refractivity contribution is 7.09. The maximum atomic E-state index is 12.0.